The topological polar surface area (TPSA) is 40.9 Å². The number of nitrogens with zero attached hydrogens (tertiary/aromatic N) is 1. The fraction of sp³-hybridized carbons (Fsp3) is 0. The zero-order chi connectivity index (χ0) is 8.27. The lowest BCUT2D eigenvalue weighted by molar-refractivity contribution is 0.600. The maximum atomic E-state index is 10.7. The Morgan fingerprint density at radius 2 is 1.91 bits per heavy atom. The molecule has 0 heterocycles. The van der Waals surface area contributed by atoms with Gasteiger partial charge in [-0.25, -0.2) is 0 Å². The minimum atomic E-state index is -2.12. The van der Waals surface area contributed by atoms with Gasteiger partial charge in [0, 0.05) is 5.30 Å². The highest BCUT2D eigenvalue weighted by Gasteiger charge is 1.97. The summed E-state index contributed by atoms with van der Waals surface area (Å²) in [5.41, 5.74) is 0.550. The zero-order valence-corrected chi connectivity index (χ0v) is 7.30. The molecule has 1 unspecified atom stereocenters. The average molecular weight is 186 g/mol. The highest BCUT2D eigenvalue weighted by atomic mass is 35.7. The van der Waals surface area contributed by atoms with E-state index in [0.29, 0.717) is 10.9 Å². The highest BCUT2D eigenvalue weighted by molar-refractivity contribution is 7.80. The molecule has 0 saturated carbocycles. The fourth-order valence-electron chi connectivity index (χ4n) is 0.676. The van der Waals surface area contributed by atoms with E-state index in [4.69, 9.17) is 16.5 Å². The van der Waals surface area contributed by atoms with Crippen LogP contribution in [0.1, 0.15) is 5.56 Å². The van der Waals surface area contributed by atoms with E-state index < -0.39 is 7.15 Å². The van der Waals surface area contributed by atoms with E-state index in [1.807, 2.05) is 6.07 Å². The maximum absolute atomic E-state index is 10.7. The van der Waals surface area contributed by atoms with Crippen molar-refractivity contribution in [3.63, 3.8) is 0 Å². The van der Waals surface area contributed by atoms with Crippen molar-refractivity contribution < 1.29 is 4.57 Å². The van der Waals surface area contributed by atoms with Crippen LogP contribution in [-0.4, -0.2) is 0 Å². The van der Waals surface area contributed by atoms with Crippen LogP contribution >= 0.6 is 18.4 Å². The van der Waals surface area contributed by atoms with Crippen molar-refractivity contribution in [2.45, 2.75) is 0 Å². The Kier molecular flexibility index (Phi) is 2.70. The summed E-state index contributed by atoms with van der Waals surface area (Å²) in [6, 6.07) is 8.36. The van der Waals surface area contributed by atoms with Crippen LogP contribution < -0.4 is 5.30 Å². The lowest BCUT2D eigenvalue weighted by Crippen LogP contribution is -1.91. The Morgan fingerprint density at radius 3 is 2.27 bits per heavy atom. The SMILES string of the molecule is N#Cc1ccc([PH](=O)Cl)cc1. The molecule has 0 N–H and O–H groups in total. The van der Waals surface area contributed by atoms with Crippen molar-refractivity contribution in [3.05, 3.63) is 29.8 Å². The van der Waals surface area contributed by atoms with Crippen LogP contribution in [0, 0.1) is 11.3 Å². The second-order valence-corrected chi connectivity index (χ2v) is 4.12. The Balaban J connectivity index is 3.03. The van der Waals surface area contributed by atoms with Gasteiger partial charge in [0.15, 0.2) is 7.15 Å². The van der Waals surface area contributed by atoms with E-state index in [-0.39, 0.29) is 0 Å². The molecule has 0 radical (unpaired) electrons. The second kappa shape index (κ2) is 3.57. The Bertz CT molecular complexity index is 314. The van der Waals surface area contributed by atoms with Crippen LogP contribution in [-0.2, 0) is 4.57 Å². The lowest BCUT2D eigenvalue weighted by Gasteiger charge is -1.92. The predicted octanol–water partition coefficient (Wildman–Crippen LogP) is 1.90. The van der Waals surface area contributed by atoms with Gasteiger partial charge in [-0.1, -0.05) is 11.2 Å². The molecule has 2 nitrogen and oxygen atoms in total. The summed E-state index contributed by atoms with van der Waals surface area (Å²) in [5, 5.41) is 9.01. The van der Waals surface area contributed by atoms with Gasteiger partial charge in [-0.3, -0.25) is 0 Å². The number of benzene rings is 1. The van der Waals surface area contributed by atoms with E-state index in [1.54, 1.807) is 24.3 Å². The molecule has 4 heteroatoms. The van der Waals surface area contributed by atoms with Gasteiger partial charge >= 0.3 is 0 Å². The first-order chi connectivity index (χ1) is 5.24. The number of hydrogen-bond donors (Lipinski definition) is 0. The Morgan fingerprint density at radius 1 is 1.36 bits per heavy atom. The first-order valence-electron chi connectivity index (χ1n) is 2.94. The van der Waals surface area contributed by atoms with Gasteiger partial charge in [-0.05, 0) is 24.3 Å². The summed E-state index contributed by atoms with van der Waals surface area (Å²) in [6.45, 7) is 0. The van der Waals surface area contributed by atoms with Gasteiger partial charge < -0.3 is 4.57 Å². The molecule has 1 rings (SSSR count). The summed E-state index contributed by atoms with van der Waals surface area (Å²) in [6.07, 6.45) is 0. The molecule has 0 amide bonds. The number of nitriles is 1. The second-order valence-electron chi connectivity index (χ2n) is 1.96. The van der Waals surface area contributed by atoms with Crippen LogP contribution in [0.2, 0.25) is 0 Å². The molecular weight excluding hydrogens is 181 g/mol. The third-order valence-corrected chi connectivity index (χ3v) is 2.68. The monoisotopic (exact) mass is 185 g/mol. The molecule has 0 bridgehead atoms. The molecule has 0 aliphatic rings. The van der Waals surface area contributed by atoms with Crippen molar-refractivity contribution in [2.75, 3.05) is 0 Å². The average Bonchev–Trinajstić information content (AvgIpc) is 2.05. The normalized spacial score (nSPS) is 12.0. The summed E-state index contributed by atoms with van der Waals surface area (Å²) < 4.78 is 10.7. The van der Waals surface area contributed by atoms with Crippen molar-refractivity contribution in [1.82, 2.24) is 0 Å². The number of halogens is 1. The van der Waals surface area contributed by atoms with Crippen LogP contribution in [0.25, 0.3) is 0 Å². The van der Waals surface area contributed by atoms with E-state index in [0.717, 1.165) is 0 Å². The highest BCUT2D eigenvalue weighted by Crippen LogP contribution is 2.24. The minimum absolute atomic E-state index is 0.550. The molecule has 1 atom stereocenters. The van der Waals surface area contributed by atoms with Crippen LogP contribution in [0.15, 0.2) is 24.3 Å². The first-order valence-corrected chi connectivity index (χ1v) is 5.36. The van der Waals surface area contributed by atoms with Gasteiger partial charge in [-0.2, -0.15) is 5.26 Å². The summed E-state index contributed by atoms with van der Waals surface area (Å²) in [5.74, 6) is 0. The van der Waals surface area contributed by atoms with Gasteiger partial charge in [0.25, 0.3) is 0 Å². The molecule has 0 spiro atoms. The quantitative estimate of drug-likeness (QED) is 0.627. The molecule has 0 aliphatic carbocycles. The largest absolute Gasteiger partial charge is 0.305 e. The van der Waals surface area contributed by atoms with Crippen LogP contribution in [0.4, 0.5) is 0 Å². The van der Waals surface area contributed by atoms with Crippen molar-refractivity contribution in [3.8, 4) is 6.07 Å². The third-order valence-electron chi connectivity index (χ3n) is 1.24. The third kappa shape index (κ3) is 2.08. The molecule has 0 saturated heterocycles. The van der Waals surface area contributed by atoms with Gasteiger partial charge in [0.2, 0.25) is 0 Å². The van der Waals surface area contributed by atoms with Crippen LogP contribution in [0.3, 0.4) is 0 Å². The molecule has 1 aromatic rings. The Labute approximate surface area is 70.0 Å². The number of hydrogen-bond acceptors (Lipinski definition) is 2. The van der Waals surface area contributed by atoms with E-state index >= 15 is 0 Å². The standard InChI is InChI=1S/C7H5ClNOP/c8-11(10)7-3-1-6(5-9)2-4-7/h1-4,11H. The number of rotatable bonds is 1. The molecular formula is C7H5ClNOP. The lowest BCUT2D eigenvalue weighted by atomic mass is 10.2. The van der Waals surface area contributed by atoms with Gasteiger partial charge in [0.1, 0.15) is 0 Å². The first kappa shape index (κ1) is 8.33. The predicted molar refractivity (Wildman–Crippen MR) is 45.6 cm³/mol. The zero-order valence-electron chi connectivity index (χ0n) is 5.54. The maximum Gasteiger partial charge on any atom is 0.186 e. The molecule has 1 aromatic carbocycles. The van der Waals surface area contributed by atoms with E-state index in [9.17, 15) is 4.57 Å². The summed E-state index contributed by atoms with van der Waals surface area (Å²) >= 11 is 5.36. The summed E-state index contributed by atoms with van der Waals surface area (Å²) in [7, 11) is -2.12. The molecule has 11 heavy (non-hydrogen) atoms. The smallest absolute Gasteiger partial charge is 0.186 e. The molecule has 0 aliphatic heterocycles. The van der Waals surface area contributed by atoms with Crippen LogP contribution in [0.5, 0.6) is 0 Å². The van der Waals surface area contributed by atoms with Crippen molar-refractivity contribution in [2.24, 2.45) is 0 Å². The molecule has 0 aromatic heterocycles. The van der Waals surface area contributed by atoms with Crippen molar-refractivity contribution >= 4 is 23.7 Å². The van der Waals surface area contributed by atoms with E-state index in [1.165, 1.54) is 0 Å². The fourth-order valence-corrected chi connectivity index (χ4v) is 1.48. The van der Waals surface area contributed by atoms with Gasteiger partial charge in [-0.15, -0.1) is 0 Å². The van der Waals surface area contributed by atoms with Crippen molar-refractivity contribution in [1.29, 1.82) is 5.26 Å². The minimum Gasteiger partial charge on any atom is -0.305 e. The molecule has 56 valence electrons. The Hall–Kier alpha value is -0.770. The van der Waals surface area contributed by atoms with E-state index in [2.05, 4.69) is 0 Å². The summed E-state index contributed by atoms with van der Waals surface area (Å²) in [4.78, 5) is 0. The van der Waals surface area contributed by atoms with Gasteiger partial charge in [0.05, 0.1) is 11.6 Å². The molecule has 0 fully saturated rings.